The van der Waals surface area contributed by atoms with Gasteiger partial charge in [0.15, 0.2) is 0 Å². The number of carbonyl (C=O) groups excluding carboxylic acids is 1. The van der Waals surface area contributed by atoms with Gasteiger partial charge in [0.1, 0.15) is 0 Å². The normalized spacial score (nSPS) is 15.3. The van der Waals surface area contributed by atoms with Crippen LogP contribution in [0.2, 0.25) is 0 Å². The minimum atomic E-state index is 0.119. The van der Waals surface area contributed by atoms with Crippen LogP contribution in [0, 0.1) is 0 Å². The van der Waals surface area contributed by atoms with Gasteiger partial charge in [-0.3, -0.25) is 4.79 Å². The molecule has 0 unspecified atom stereocenters. The fourth-order valence-electron chi connectivity index (χ4n) is 2.48. The van der Waals surface area contributed by atoms with E-state index in [0.29, 0.717) is 0 Å². The predicted octanol–water partition coefficient (Wildman–Crippen LogP) is 3.99. The van der Waals surface area contributed by atoms with Crippen LogP contribution >= 0.6 is 11.8 Å². The Bertz CT molecular complexity index is 753. The Morgan fingerprint density at radius 3 is 2.61 bits per heavy atom. The van der Waals surface area contributed by atoms with Crippen molar-refractivity contribution in [3.8, 4) is 0 Å². The summed E-state index contributed by atoms with van der Waals surface area (Å²) in [6, 6.07) is 15.9. The maximum absolute atomic E-state index is 12.5. The molecule has 1 N–H and O–H groups in total. The zero-order valence-corrected chi connectivity index (χ0v) is 14.2. The fraction of sp³-hybridized carbons (Fsp3) is 0.211. The van der Waals surface area contributed by atoms with Crippen LogP contribution in [-0.4, -0.2) is 37.9 Å². The molecule has 0 amide bonds. The summed E-state index contributed by atoms with van der Waals surface area (Å²) < 4.78 is 0. The van der Waals surface area contributed by atoms with Crippen molar-refractivity contribution in [2.75, 3.05) is 32.5 Å². The van der Waals surface area contributed by atoms with E-state index in [4.69, 9.17) is 0 Å². The number of fused-ring (bicyclic) bond motifs is 1. The number of anilines is 1. The summed E-state index contributed by atoms with van der Waals surface area (Å²) in [6.45, 7) is 1.83. The van der Waals surface area contributed by atoms with E-state index >= 15 is 0 Å². The van der Waals surface area contributed by atoms with Crippen LogP contribution < -0.4 is 5.32 Å². The summed E-state index contributed by atoms with van der Waals surface area (Å²) in [4.78, 5) is 16.5. The van der Waals surface area contributed by atoms with E-state index in [2.05, 4.69) is 30.4 Å². The highest BCUT2D eigenvalue weighted by Gasteiger charge is 2.25. The first-order chi connectivity index (χ1) is 11.1. The van der Waals surface area contributed by atoms with Crippen molar-refractivity contribution in [2.45, 2.75) is 4.90 Å². The maximum Gasteiger partial charge on any atom is 0.200 e. The van der Waals surface area contributed by atoms with Crippen molar-refractivity contribution < 1.29 is 4.79 Å². The Labute approximate surface area is 141 Å². The molecule has 0 atom stereocenters. The minimum absolute atomic E-state index is 0.119. The van der Waals surface area contributed by atoms with E-state index in [-0.39, 0.29) is 5.78 Å². The number of para-hydroxylation sites is 1. The number of Topliss-reactive ketones (excluding diaryl/α,β-unsaturated/α-hetero) is 1. The van der Waals surface area contributed by atoms with Gasteiger partial charge in [-0.2, -0.15) is 0 Å². The van der Waals surface area contributed by atoms with Crippen molar-refractivity contribution in [1.29, 1.82) is 0 Å². The van der Waals surface area contributed by atoms with Crippen LogP contribution in [0.25, 0.3) is 6.08 Å². The van der Waals surface area contributed by atoms with E-state index in [1.54, 1.807) is 11.8 Å². The highest BCUT2D eigenvalue weighted by Crippen LogP contribution is 2.41. The topological polar surface area (TPSA) is 32.3 Å². The quantitative estimate of drug-likeness (QED) is 0.843. The Morgan fingerprint density at radius 1 is 1.09 bits per heavy atom. The molecule has 0 saturated heterocycles. The molecule has 118 valence electrons. The standard InChI is InChI=1S/C19H20N2OS/c1-21(2)12-11-20-16-9-5-3-7-14(16)13-18-19(22)15-8-4-6-10-17(15)23-18/h3-10,13,20H,11-12H2,1-2H3. The van der Waals surface area contributed by atoms with E-state index < -0.39 is 0 Å². The zero-order chi connectivity index (χ0) is 16.2. The summed E-state index contributed by atoms with van der Waals surface area (Å²) >= 11 is 1.55. The summed E-state index contributed by atoms with van der Waals surface area (Å²) in [5, 5.41) is 3.45. The third kappa shape index (κ3) is 3.66. The van der Waals surface area contributed by atoms with Crippen molar-refractivity contribution in [3.05, 3.63) is 64.6 Å². The van der Waals surface area contributed by atoms with Crippen LogP contribution in [0.5, 0.6) is 0 Å². The fourth-order valence-corrected chi connectivity index (χ4v) is 3.52. The average molecular weight is 324 g/mol. The number of likely N-dealkylation sites (N-methyl/N-ethyl adjacent to an activating group) is 1. The number of carbonyl (C=O) groups is 1. The molecule has 0 aliphatic carbocycles. The number of thioether (sulfide) groups is 1. The molecule has 23 heavy (non-hydrogen) atoms. The van der Waals surface area contributed by atoms with Crippen molar-refractivity contribution in [3.63, 3.8) is 0 Å². The van der Waals surface area contributed by atoms with Gasteiger partial charge in [-0.1, -0.05) is 42.1 Å². The minimum Gasteiger partial charge on any atom is -0.383 e. The summed E-state index contributed by atoms with van der Waals surface area (Å²) in [5.41, 5.74) is 2.92. The van der Waals surface area contributed by atoms with Crippen molar-refractivity contribution in [2.24, 2.45) is 0 Å². The number of rotatable bonds is 5. The lowest BCUT2D eigenvalue weighted by Crippen LogP contribution is -2.21. The zero-order valence-electron chi connectivity index (χ0n) is 13.4. The lowest BCUT2D eigenvalue weighted by molar-refractivity contribution is 0.104. The molecule has 4 heteroatoms. The van der Waals surface area contributed by atoms with Gasteiger partial charge in [0.2, 0.25) is 5.78 Å². The highest BCUT2D eigenvalue weighted by molar-refractivity contribution is 8.04. The number of hydrogen-bond acceptors (Lipinski definition) is 4. The monoisotopic (exact) mass is 324 g/mol. The Kier molecular flexibility index (Phi) is 4.84. The number of hydrogen-bond donors (Lipinski definition) is 1. The molecule has 1 aliphatic rings. The number of ketones is 1. The molecule has 0 fully saturated rings. The highest BCUT2D eigenvalue weighted by atomic mass is 32.2. The van der Waals surface area contributed by atoms with Crippen molar-refractivity contribution >= 4 is 29.3 Å². The van der Waals surface area contributed by atoms with Gasteiger partial charge in [0.05, 0.1) is 4.91 Å². The molecule has 2 aromatic rings. The molecule has 0 bridgehead atoms. The smallest absolute Gasteiger partial charge is 0.200 e. The Hall–Kier alpha value is -2.04. The molecule has 3 rings (SSSR count). The third-order valence-electron chi connectivity index (χ3n) is 3.70. The molecule has 0 spiro atoms. The van der Waals surface area contributed by atoms with Crippen LogP contribution in [0.4, 0.5) is 5.69 Å². The Morgan fingerprint density at radius 2 is 1.83 bits per heavy atom. The molecule has 1 aliphatic heterocycles. The van der Waals surface area contributed by atoms with Crippen LogP contribution in [-0.2, 0) is 0 Å². The van der Waals surface area contributed by atoms with Crippen LogP contribution in [0.3, 0.4) is 0 Å². The lowest BCUT2D eigenvalue weighted by Gasteiger charge is -2.13. The van der Waals surface area contributed by atoms with Gasteiger partial charge in [-0.05, 0) is 43.9 Å². The van der Waals surface area contributed by atoms with Gasteiger partial charge < -0.3 is 10.2 Å². The van der Waals surface area contributed by atoms with Gasteiger partial charge in [0, 0.05) is 29.2 Å². The number of nitrogens with zero attached hydrogens (tertiary/aromatic N) is 1. The number of allylic oxidation sites excluding steroid dienone is 1. The second-order valence-electron chi connectivity index (χ2n) is 5.75. The first kappa shape index (κ1) is 15.8. The molecule has 0 aromatic heterocycles. The summed E-state index contributed by atoms with van der Waals surface area (Å²) in [5.74, 6) is 0.119. The third-order valence-corrected chi connectivity index (χ3v) is 4.80. The van der Waals surface area contributed by atoms with E-state index in [0.717, 1.165) is 39.7 Å². The van der Waals surface area contributed by atoms with Crippen LogP contribution in [0.1, 0.15) is 15.9 Å². The van der Waals surface area contributed by atoms with E-state index in [1.165, 1.54) is 0 Å². The molecule has 0 saturated carbocycles. The largest absolute Gasteiger partial charge is 0.383 e. The molecule has 3 nitrogen and oxygen atoms in total. The number of nitrogens with one attached hydrogen (secondary N) is 1. The molecular formula is C19H20N2OS. The van der Waals surface area contributed by atoms with Crippen LogP contribution in [0.15, 0.2) is 58.3 Å². The van der Waals surface area contributed by atoms with Gasteiger partial charge in [-0.25, -0.2) is 0 Å². The van der Waals surface area contributed by atoms with Gasteiger partial charge in [-0.15, -0.1) is 0 Å². The molecule has 1 heterocycles. The first-order valence-electron chi connectivity index (χ1n) is 7.66. The Balaban J connectivity index is 1.82. The maximum atomic E-state index is 12.5. The second-order valence-corrected chi connectivity index (χ2v) is 6.84. The van der Waals surface area contributed by atoms with E-state index in [1.807, 2.05) is 48.5 Å². The first-order valence-corrected chi connectivity index (χ1v) is 8.48. The molecular weight excluding hydrogens is 304 g/mol. The average Bonchev–Trinajstić information content (AvgIpc) is 2.85. The predicted molar refractivity (Wildman–Crippen MR) is 98.1 cm³/mol. The second kappa shape index (κ2) is 7.02. The van der Waals surface area contributed by atoms with Gasteiger partial charge in [0.25, 0.3) is 0 Å². The number of benzene rings is 2. The lowest BCUT2D eigenvalue weighted by atomic mass is 10.1. The molecule has 0 radical (unpaired) electrons. The van der Waals surface area contributed by atoms with Crippen molar-refractivity contribution in [1.82, 2.24) is 4.90 Å². The van der Waals surface area contributed by atoms with E-state index in [9.17, 15) is 4.79 Å². The molecule has 2 aromatic carbocycles. The van der Waals surface area contributed by atoms with Gasteiger partial charge >= 0.3 is 0 Å². The summed E-state index contributed by atoms with van der Waals surface area (Å²) in [6.07, 6.45) is 1.99. The SMILES string of the molecule is CN(C)CCNc1ccccc1C=C1Sc2ccccc2C1=O. The summed E-state index contributed by atoms with van der Waals surface area (Å²) in [7, 11) is 4.11.